The van der Waals surface area contributed by atoms with Crippen LogP contribution in [0, 0.1) is 0 Å². The van der Waals surface area contributed by atoms with Gasteiger partial charge >= 0.3 is 0 Å². The van der Waals surface area contributed by atoms with Gasteiger partial charge in [0.25, 0.3) is 20.2 Å². The van der Waals surface area contributed by atoms with Crippen molar-refractivity contribution in [2.45, 2.75) is 21.6 Å². The molecule has 3 aromatic rings. The zero-order valence-corrected chi connectivity index (χ0v) is 19.9. The molecule has 0 saturated carbocycles. The minimum atomic E-state index is -5.05. The third-order valence-electron chi connectivity index (χ3n) is 4.45. The molecule has 0 unspecified atom stereocenters. The molecule has 0 saturated heterocycles. The van der Waals surface area contributed by atoms with Crippen molar-refractivity contribution in [3.05, 3.63) is 42.5 Å². The number of phenols is 1. The van der Waals surface area contributed by atoms with Crippen molar-refractivity contribution in [1.82, 2.24) is 0 Å². The molecule has 0 aromatic heterocycles. The van der Waals surface area contributed by atoms with Gasteiger partial charge in [-0.2, -0.15) is 21.9 Å². The van der Waals surface area contributed by atoms with Crippen molar-refractivity contribution in [3.63, 3.8) is 0 Å². The molecule has 0 radical (unpaired) electrons. The summed E-state index contributed by atoms with van der Waals surface area (Å²) in [6.45, 7) is 1.06. The maximum atomic E-state index is 11.9. The van der Waals surface area contributed by atoms with E-state index >= 15 is 0 Å². The molecule has 0 aliphatic rings. The maximum Gasteiger partial charge on any atom is 0.296 e. The summed E-state index contributed by atoms with van der Waals surface area (Å²) in [5.41, 5.74) is -1.16. The maximum absolute atomic E-state index is 11.9. The van der Waals surface area contributed by atoms with E-state index in [0.717, 1.165) is 37.3 Å². The number of nitrogens with zero attached hydrogens (tertiary/aromatic N) is 2. The number of primary sulfonamides is 1. The SMILES string of the molecule is CC(=O)Nc1cc2c(O)c(N=Nc3ccc(S(N)(=O)=O)cc3)c(S(=O)(=O)O)cc2cc1S(=O)(=O)O. The van der Waals surface area contributed by atoms with Gasteiger partial charge in [0.15, 0.2) is 5.75 Å². The molecule has 0 atom stereocenters. The number of benzene rings is 3. The number of hydrogen-bond donors (Lipinski definition) is 5. The molecule has 3 aromatic carbocycles. The van der Waals surface area contributed by atoms with Crippen LogP contribution in [-0.4, -0.2) is 45.4 Å². The van der Waals surface area contributed by atoms with Crippen molar-refractivity contribution in [1.29, 1.82) is 0 Å². The molecule has 35 heavy (non-hydrogen) atoms. The standard InChI is InChI=1S/C18H16N4O10S3/c1-9(23)20-14-8-13-10(6-15(14)34(27,28)29)7-16(35(30,31)32)17(18(13)24)22-21-11-2-4-12(5-3-11)33(19,25)26/h2-8,24H,1H3,(H,20,23)(H2,19,25,26)(H,27,28,29)(H,30,31,32). The Bertz CT molecular complexity index is 1710. The van der Waals surface area contributed by atoms with E-state index in [2.05, 4.69) is 15.5 Å². The largest absolute Gasteiger partial charge is 0.505 e. The van der Waals surface area contributed by atoms with Crippen LogP contribution < -0.4 is 10.5 Å². The van der Waals surface area contributed by atoms with Gasteiger partial charge in [-0.05, 0) is 47.9 Å². The number of nitrogens with one attached hydrogen (secondary N) is 1. The molecule has 14 nitrogen and oxygen atoms in total. The predicted molar refractivity (Wildman–Crippen MR) is 122 cm³/mol. The summed E-state index contributed by atoms with van der Waals surface area (Å²) in [5, 5.41) is 24.8. The second kappa shape index (κ2) is 8.95. The van der Waals surface area contributed by atoms with E-state index < -0.39 is 63.1 Å². The number of phenolic OH excluding ortho intramolecular Hbond substituents is 1. The van der Waals surface area contributed by atoms with Crippen LogP contribution in [0.1, 0.15) is 6.92 Å². The Morgan fingerprint density at radius 2 is 1.43 bits per heavy atom. The first-order valence-electron chi connectivity index (χ1n) is 9.09. The lowest BCUT2D eigenvalue weighted by Crippen LogP contribution is -2.11. The van der Waals surface area contributed by atoms with Crippen LogP contribution in [0.3, 0.4) is 0 Å². The number of carbonyl (C=O) groups is 1. The van der Waals surface area contributed by atoms with Crippen LogP contribution in [0.2, 0.25) is 0 Å². The van der Waals surface area contributed by atoms with Crippen molar-refractivity contribution < 1.29 is 44.3 Å². The lowest BCUT2D eigenvalue weighted by molar-refractivity contribution is -0.114. The highest BCUT2D eigenvalue weighted by atomic mass is 32.2. The third kappa shape index (κ3) is 5.78. The number of sulfonamides is 1. The third-order valence-corrected chi connectivity index (χ3v) is 7.14. The molecule has 0 bridgehead atoms. The molecule has 0 aliphatic heterocycles. The van der Waals surface area contributed by atoms with Gasteiger partial charge < -0.3 is 10.4 Å². The zero-order chi connectivity index (χ0) is 26.3. The van der Waals surface area contributed by atoms with Gasteiger partial charge in [-0.25, -0.2) is 13.6 Å². The molecule has 0 heterocycles. The van der Waals surface area contributed by atoms with E-state index in [0.29, 0.717) is 0 Å². The fourth-order valence-electron chi connectivity index (χ4n) is 2.98. The molecular weight excluding hydrogens is 528 g/mol. The van der Waals surface area contributed by atoms with Crippen LogP contribution in [0.25, 0.3) is 10.8 Å². The van der Waals surface area contributed by atoms with E-state index in [1.807, 2.05) is 0 Å². The highest BCUT2D eigenvalue weighted by Gasteiger charge is 2.25. The Balaban J connectivity index is 2.28. The molecule has 17 heteroatoms. The van der Waals surface area contributed by atoms with Gasteiger partial charge in [0.05, 0.1) is 16.3 Å². The van der Waals surface area contributed by atoms with Crippen LogP contribution in [0.4, 0.5) is 17.1 Å². The van der Waals surface area contributed by atoms with Crippen molar-refractivity contribution >= 4 is 64.0 Å². The van der Waals surface area contributed by atoms with Crippen LogP contribution >= 0.6 is 0 Å². The highest BCUT2D eigenvalue weighted by Crippen LogP contribution is 2.43. The first kappa shape index (κ1) is 26.1. The molecular formula is C18H16N4O10S3. The number of anilines is 1. The molecule has 3 rings (SSSR count). The number of nitrogens with two attached hydrogens (primary N) is 1. The number of rotatable bonds is 6. The summed E-state index contributed by atoms with van der Waals surface area (Å²) >= 11 is 0. The van der Waals surface area contributed by atoms with Crippen molar-refractivity contribution in [3.8, 4) is 5.75 Å². The fraction of sp³-hybridized carbons (Fsp3) is 0.0556. The lowest BCUT2D eigenvalue weighted by Gasteiger charge is -2.13. The van der Waals surface area contributed by atoms with E-state index in [9.17, 15) is 44.3 Å². The van der Waals surface area contributed by atoms with Gasteiger partial charge in [0.1, 0.15) is 15.5 Å². The van der Waals surface area contributed by atoms with E-state index in [-0.39, 0.29) is 21.4 Å². The van der Waals surface area contributed by atoms with Crippen LogP contribution in [-0.2, 0) is 35.1 Å². The number of amides is 1. The Labute approximate surface area is 198 Å². The first-order chi connectivity index (χ1) is 16.0. The Morgan fingerprint density at radius 1 is 0.886 bits per heavy atom. The predicted octanol–water partition coefficient (Wildman–Crippen LogP) is 2.06. The Morgan fingerprint density at radius 3 is 1.91 bits per heavy atom. The van der Waals surface area contributed by atoms with Crippen molar-refractivity contribution in [2.24, 2.45) is 15.4 Å². The van der Waals surface area contributed by atoms with E-state index in [4.69, 9.17) is 5.14 Å². The fourth-order valence-corrected chi connectivity index (χ4v) is 4.82. The summed E-state index contributed by atoms with van der Waals surface area (Å²) < 4.78 is 89.2. The van der Waals surface area contributed by atoms with Gasteiger partial charge in [-0.15, -0.1) is 5.11 Å². The summed E-state index contributed by atoms with van der Waals surface area (Å²) in [5.74, 6) is -1.58. The quantitative estimate of drug-likeness (QED) is 0.223. The van der Waals surface area contributed by atoms with Crippen molar-refractivity contribution in [2.75, 3.05) is 5.32 Å². The zero-order valence-electron chi connectivity index (χ0n) is 17.4. The number of carbonyl (C=O) groups excluding carboxylic acids is 1. The monoisotopic (exact) mass is 544 g/mol. The van der Waals surface area contributed by atoms with E-state index in [1.165, 1.54) is 12.1 Å². The number of fused-ring (bicyclic) bond motifs is 1. The number of aromatic hydroxyl groups is 1. The molecule has 0 spiro atoms. The van der Waals surface area contributed by atoms with E-state index in [1.54, 1.807) is 0 Å². The molecule has 0 aliphatic carbocycles. The van der Waals surface area contributed by atoms with Gasteiger partial charge in [-0.1, -0.05) is 0 Å². The smallest absolute Gasteiger partial charge is 0.296 e. The lowest BCUT2D eigenvalue weighted by atomic mass is 10.1. The minimum Gasteiger partial charge on any atom is -0.505 e. The second-order valence-electron chi connectivity index (χ2n) is 7.01. The van der Waals surface area contributed by atoms with Crippen LogP contribution in [0.5, 0.6) is 5.75 Å². The Kier molecular flexibility index (Phi) is 6.68. The molecule has 1 amide bonds. The van der Waals surface area contributed by atoms with Crippen LogP contribution in [0.15, 0.2) is 67.4 Å². The molecule has 6 N–H and O–H groups in total. The van der Waals surface area contributed by atoms with Gasteiger partial charge in [-0.3, -0.25) is 13.9 Å². The van der Waals surface area contributed by atoms with Gasteiger partial charge in [0, 0.05) is 12.3 Å². The minimum absolute atomic E-state index is 0.0128. The average molecular weight is 545 g/mol. The van der Waals surface area contributed by atoms with Gasteiger partial charge in [0.2, 0.25) is 15.9 Å². The molecule has 0 fully saturated rings. The summed E-state index contributed by atoms with van der Waals surface area (Å²) in [6, 6.07) is 7.06. The summed E-state index contributed by atoms with van der Waals surface area (Å²) in [7, 11) is -13.9. The topological polar surface area (TPSA) is 243 Å². The average Bonchev–Trinajstić information content (AvgIpc) is 2.70. The molecule has 186 valence electrons. The normalized spacial score (nSPS) is 12.8. The summed E-state index contributed by atoms with van der Waals surface area (Å²) in [6.07, 6.45) is 0. The Hall–Kier alpha value is -3.48. The number of hydrogen-bond acceptors (Lipinski definition) is 10. The highest BCUT2D eigenvalue weighted by molar-refractivity contribution is 7.89. The first-order valence-corrected chi connectivity index (χ1v) is 13.5. The number of azo groups is 1. The second-order valence-corrected chi connectivity index (χ2v) is 11.4. The summed E-state index contributed by atoms with van der Waals surface area (Å²) in [4.78, 5) is 9.48.